The Morgan fingerprint density at radius 1 is 1.50 bits per heavy atom. The Hall–Kier alpha value is -0.870. The van der Waals surface area contributed by atoms with Crippen LogP contribution in [0.25, 0.3) is 0 Å². The maximum Gasteiger partial charge on any atom is 0.264 e. The normalized spacial score (nSPS) is 28.4. The van der Waals surface area contributed by atoms with E-state index in [9.17, 15) is 4.79 Å². The van der Waals surface area contributed by atoms with Gasteiger partial charge in [0.1, 0.15) is 0 Å². The quantitative estimate of drug-likeness (QED) is 0.801. The molecule has 0 saturated carbocycles. The molecule has 1 amide bonds. The average Bonchev–Trinajstić information content (AvgIpc) is 2.90. The van der Waals surface area contributed by atoms with E-state index < -0.39 is 0 Å². The van der Waals surface area contributed by atoms with Crippen molar-refractivity contribution in [3.05, 3.63) is 21.9 Å². The first-order chi connectivity index (χ1) is 7.75. The van der Waals surface area contributed by atoms with Crippen LogP contribution in [-0.4, -0.2) is 36.5 Å². The van der Waals surface area contributed by atoms with Gasteiger partial charge in [-0.3, -0.25) is 4.79 Å². The number of aryl methyl sites for hydroxylation is 1. The van der Waals surface area contributed by atoms with Crippen LogP contribution in [-0.2, 0) is 0 Å². The van der Waals surface area contributed by atoms with E-state index in [1.165, 1.54) is 4.88 Å². The maximum atomic E-state index is 12.3. The fourth-order valence-electron chi connectivity index (χ4n) is 2.79. The molecule has 2 fully saturated rings. The second-order valence-corrected chi connectivity index (χ2v) is 5.97. The van der Waals surface area contributed by atoms with E-state index in [0.29, 0.717) is 12.0 Å². The second-order valence-electron chi connectivity index (χ2n) is 4.68. The zero-order valence-corrected chi connectivity index (χ0v) is 10.2. The van der Waals surface area contributed by atoms with Crippen molar-refractivity contribution in [2.45, 2.75) is 19.4 Å². The Balaban J connectivity index is 1.80. The van der Waals surface area contributed by atoms with Crippen LogP contribution in [0.15, 0.2) is 12.1 Å². The average molecular weight is 236 g/mol. The summed E-state index contributed by atoms with van der Waals surface area (Å²) in [5.74, 6) is 0.916. The predicted octanol–water partition coefficient (Wildman–Crippen LogP) is 1.49. The smallest absolute Gasteiger partial charge is 0.264 e. The molecule has 86 valence electrons. The highest BCUT2D eigenvalue weighted by atomic mass is 32.1. The molecule has 3 nitrogen and oxygen atoms in total. The molecule has 16 heavy (non-hydrogen) atoms. The highest BCUT2D eigenvalue weighted by Gasteiger charge is 2.40. The number of hydrogen-bond acceptors (Lipinski definition) is 3. The maximum absolute atomic E-state index is 12.3. The molecule has 0 radical (unpaired) electrons. The number of nitrogens with zero attached hydrogens (tertiary/aromatic N) is 1. The van der Waals surface area contributed by atoms with Gasteiger partial charge in [-0.05, 0) is 31.4 Å². The van der Waals surface area contributed by atoms with Crippen LogP contribution in [0.4, 0.5) is 0 Å². The van der Waals surface area contributed by atoms with Gasteiger partial charge in [0.05, 0.1) is 4.88 Å². The molecular weight excluding hydrogens is 220 g/mol. The van der Waals surface area contributed by atoms with Gasteiger partial charge in [-0.2, -0.15) is 0 Å². The topological polar surface area (TPSA) is 32.3 Å². The standard InChI is InChI=1S/C12H16N2OS/c1-8-2-3-11(16-8)12(15)14-5-4-9-6-13-7-10(9)14/h2-3,9-10,13H,4-7H2,1H3/t9-,10+/m0/s1. The van der Waals surface area contributed by atoms with Crippen LogP contribution in [0.5, 0.6) is 0 Å². The van der Waals surface area contributed by atoms with E-state index in [2.05, 4.69) is 10.2 Å². The van der Waals surface area contributed by atoms with E-state index in [-0.39, 0.29) is 5.91 Å². The van der Waals surface area contributed by atoms with Crippen LogP contribution >= 0.6 is 11.3 Å². The second kappa shape index (κ2) is 3.86. The number of amides is 1. The first-order valence-electron chi connectivity index (χ1n) is 5.84. The molecule has 2 saturated heterocycles. The molecule has 2 atom stereocenters. The summed E-state index contributed by atoms with van der Waals surface area (Å²) in [4.78, 5) is 16.5. The monoisotopic (exact) mass is 236 g/mol. The molecule has 1 aromatic heterocycles. The lowest BCUT2D eigenvalue weighted by atomic mass is 10.1. The molecule has 4 heteroatoms. The lowest BCUT2D eigenvalue weighted by Crippen LogP contribution is -2.38. The third-order valence-corrected chi connectivity index (χ3v) is 4.65. The van der Waals surface area contributed by atoms with Gasteiger partial charge in [-0.1, -0.05) is 0 Å². The van der Waals surface area contributed by atoms with Gasteiger partial charge in [-0.25, -0.2) is 0 Å². The molecule has 3 heterocycles. The number of carbonyl (C=O) groups excluding carboxylic acids is 1. The van der Waals surface area contributed by atoms with Crippen molar-refractivity contribution >= 4 is 17.2 Å². The Bertz CT molecular complexity index is 415. The molecule has 0 aromatic carbocycles. The molecule has 3 rings (SSSR count). The number of thiophene rings is 1. The number of hydrogen-bond donors (Lipinski definition) is 1. The molecule has 1 aromatic rings. The van der Waals surface area contributed by atoms with Gasteiger partial charge in [0.15, 0.2) is 0 Å². The van der Waals surface area contributed by atoms with Gasteiger partial charge in [-0.15, -0.1) is 11.3 Å². The summed E-state index contributed by atoms with van der Waals surface area (Å²) in [5, 5.41) is 3.38. The number of likely N-dealkylation sites (tertiary alicyclic amines) is 1. The SMILES string of the molecule is Cc1ccc(C(=O)N2CC[C@H]3CNC[C@H]32)s1. The summed E-state index contributed by atoms with van der Waals surface area (Å²) in [5.41, 5.74) is 0. The van der Waals surface area contributed by atoms with Gasteiger partial charge in [0.2, 0.25) is 0 Å². The number of rotatable bonds is 1. The van der Waals surface area contributed by atoms with Gasteiger partial charge < -0.3 is 10.2 Å². The summed E-state index contributed by atoms with van der Waals surface area (Å²) in [6.07, 6.45) is 1.16. The van der Waals surface area contributed by atoms with Crippen molar-refractivity contribution in [3.63, 3.8) is 0 Å². The Kier molecular flexibility index (Phi) is 2.48. The minimum Gasteiger partial charge on any atom is -0.333 e. The fourth-order valence-corrected chi connectivity index (χ4v) is 3.62. The van der Waals surface area contributed by atoms with E-state index in [1.54, 1.807) is 11.3 Å². The van der Waals surface area contributed by atoms with Crippen LogP contribution in [0, 0.1) is 12.8 Å². The number of nitrogens with one attached hydrogen (secondary N) is 1. The summed E-state index contributed by atoms with van der Waals surface area (Å²) in [6.45, 7) is 5.04. The Morgan fingerprint density at radius 2 is 2.38 bits per heavy atom. The molecule has 2 aliphatic rings. The molecule has 0 spiro atoms. The highest BCUT2D eigenvalue weighted by molar-refractivity contribution is 7.13. The molecule has 0 bridgehead atoms. The van der Waals surface area contributed by atoms with Crippen molar-refractivity contribution in [3.8, 4) is 0 Å². The molecular formula is C12H16N2OS. The lowest BCUT2D eigenvalue weighted by molar-refractivity contribution is 0.0742. The summed E-state index contributed by atoms with van der Waals surface area (Å²) < 4.78 is 0. The largest absolute Gasteiger partial charge is 0.333 e. The van der Waals surface area contributed by atoms with E-state index in [0.717, 1.165) is 30.9 Å². The van der Waals surface area contributed by atoms with E-state index in [4.69, 9.17) is 0 Å². The van der Waals surface area contributed by atoms with Gasteiger partial charge in [0.25, 0.3) is 5.91 Å². The molecule has 0 aliphatic carbocycles. The third kappa shape index (κ3) is 1.57. The number of carbonyl (C=O) groups is 1. The van der Waals surface area contributed by atoms with Gasteiger partial charge >= 0.3 is 0 Å². The minimum absolute atomic E-state index is 0.231. The Labute approximate surface area is 99.5 Å². The lowest BCUT2D eigenvalue weighted by Gasteiger charge is -2.22. The zero-order valence-electron chi connectivity index (χ0n) is 9.40. The van der Waals surface area contributed by atoms with Crippen molar-refractivity contribution in [2.75, 3.05) is 19.6 Å². The minimum atomic E-state index is 0.231. The summed E-state index contributed by atoms with van der Waals surface area (Å²) in [7, 11) is 0. The van der Waals surface area contributed by atoms with E-state index in [1.807, 2.05) is 19.1 Å². The van der Waals surface area contributed by atoms with Crippen molar-refractivity contribution in [1.29, 1.82) is 0 Å². The van der Waals surface area contributed by atoms with Crippen molar-refractivity contribution < 1.29 is 4.79 Å². The first-order valence-corrected chi connectivity index (χ1v) is 6.65. The zero-order chi connectivity index (χ0) is 11.1. The third-order valence-electron chi connectivity index (χ3n) is 3.66. The summed E-state index contributed by atoms with van der Waals surface area (Å²) in [6, 6.07) is 4.42. The predicted molar refractivity (Wildman–Crippen MR) is 64.9 cm³/mol. The van der Waals surface area contributed by atoms with Crippen molar-refractivity contribution in [1.82, 2.24) is 10.2 Å². The van der Waals surface area contributed by atoms with E-state index >= 15 is 0 Å². The van der Waals surface area contributed by atoms with Crippen LogP contribution in [0.2, 0.25) is 0 Å². The molecule has 0 unspecified atom stereocenters. The summed E-state index contributed by atoms with van der Waals surface area (Å²) >= 11 is 1.61. The van der Waals surface area contributed by atoms with Crippen LogP contribution in [0.1, 0.15) is 21.0 Å². The van der Waals surface area contributed by atoms with Crippen LogP contribution < -0.4 is 5.32 Å². The molecule has 2 aliphatic heterocycles. The van der Waals surface area contributed by atoms with Crippen LogP contribution in [0.3, 0.4) is 0 Å². The molecule has 1 N–H and O–H groups in total. The van der Waals surface area contributed by atoms with Gasteiger partial charge in [0, 0.05) is 30.6 Å². The highest BCUT2D eigenvalue weighted by Crippen LogP contribution is 2.29. The van der Waals surface area contributed by atoms with Crippen molar-refractivity contribution in [2.24, 2.45) is 5.92 Å². The first kappa shape index (κ1) is 10.3. The number of fused-ring (bicyclic) bond motifs is 1. The Morgan fingerprint density at radius 3 is 3.12 bits per heavy atom. The fraction of sp³-hybridized carbons (Fsp3) is 0.583.